The van der Waals surface area contributed by atoms with E-state index >= 15 is 0 Å². The van der Waals surface area contributed by atoms with E-state index in [9.17, 15) is 4.79 Å². The molecular formula is C11H11Cl2NO2. The fourth-order valence-corrected chi connectivity index (χ4v) is 2.10. The number of anilines is 1. The second-order valence-electron chi connectivity index (χ2n) is 3.59. The van der Waals surface area contributed by atoms with E-state index in [1.807, 2.05) is 0 Å². The third kappa shape index (κ3) is 2.48. The lowest BCUT2D eigenvalue weighted by Crippen LogP contribution is -2.27. The van der Waals surface area contributed by atoms with E-state index in [-0.39, 0.29) is 12.0 Å². The Kier molecular flexibility index (Phi) is 3.69. The Balaban J connectivity index is 2.11. The van der Waals surface area contributed by atoms with Crippen molar-refractivity contribution < 1.29 is 9.53 Å². The van der Waals surface area contributed by atoms with Crippen molar-refractivity contribution in [1.82, 2.24) is 0 Å². The van der Waals surface area contributed by atoms with Crippen LogP contribution in [0.1, 0.15) is 12.8 Å². The van der Waals surface area contributed by atoms with Crippen molar-refractivity contribution in [3.05, 3.63) is 28.2 Å². The predicted octanol–water partition coefficient (Wildman–Crippen LogP) is 3.11. The number of nitrogens with one attached hydrogen (secondary N) is 1. The molecule has 1 fully saturated rings. The molecule has 1 unspecified atom stereocenters. The van der Waals surface area contributed by atoms with E-state index < -0.39 is 0 Å². The number of halogens is 2. The van der Waals surface area contributed by atoms with Crippen molar-refractivity contribution in [1.29, 1.82) is 0 Å². The molecule has 1 aliphatic rings. The van der Waals surface area contributed by atoms with Crippen LogP contribution in [0.4, 0.5) is 5.69 Å². The van der Waals surface area contributed by atoms with Crippen molar-refractivity contribution in [3.63, 3.8) is 0 Å². The van der Waals surface area contributed by atoms with Gasteiger partial charge in [-0.2, -0.15) is 0 Å². The molecule has 0 aromatic heterocycles. The summed E-state index contributed by atoms with van der Waals surface area (Å²) in [5, 5.41) is 3.55. The molecule has 0 radical (unpaired) electrons. The quantitative estimate of drug-likeness (QED) is 0.887. The largest absolute Gasteiger partial charge is 0.368 e. The topological polar surface area (TPSA) is 38.3 Å². The molecule has 1 heterocycles. The standard InChI is InChI=1S/C11H11Cl2NO2/c12-7-3-1-4-8(13)10(7)14-11(15)9-5-2-6-16-9/h1,3-4,9H,2,5-6H2,(H,14,15). The monoisotopic (exact) mass is 259 g/mol. The number of benzene rings is 1. The Morgan fingerprint density at radius 3 is 2.62 bits per heavy atom. The molecule has 1 atom stereocenters. The number of ether oxygens (including phenoxy) is 1. The summed E-state index contributed by atoms with van der Waals surface area (Å²) in [6.07, 6.45) is 1.27. The van der Waals surface area contributed by atoms with Gasteiger partial charge in [0, 0.05) is 6.61 Å². The number of rotatable bonds is 2. The molecule has 1 aromatic rings. The maximum absolute atomic E-state index is 11.8. The highest BCUT2D eigenvalue weighted by molar-refractivity contribution is 6.39. The molecule has 2 rings (SSSR count). The van der Waals surface area contributed by atoms with Gasteiger partial charge < -0.3 is 10.1 Å². The van der Waals surface area contributed by atoms with Crippen molar-refractivity contribution in [2.45, 2.75) is 18.9 Å². The molecule has 1 amide bonds. The number of para-hydroxylation sites is 1. The number of hydrogen-bond acceptors (Lipinski definition) is 2. The first-order chi connectivity index (χ1) is 7.68. The maximum Gasteiger partial charge on any atom is 0.253 e. The third-order valence-corrected chi connectivity index (χ3v) is 3.06. The first-order valence-corrected chi connectivity index (χ1v) is 5.80. The van der Waals surface area contributed by atoms with Gasteiger partial charge in [-0.25, -0.2) is 0 Å². The fourth-order valence-electron chi connectivity index (χ4n) is 1.61. The van der Waals surface area contributed by atoms with Gasteiger partial charge in [-0.05, 0) is 25.0 Å². The average Bonchev–Trinajstić information content (AvgIpc) is 2.76. The lowest BCUT2D eigenvalue weighted by molar-refractivity contribution is -0.124. The van der Waals surface area contributed by atoms with Crippen LogP contribution < -0.4 is 5.32 Å². The second-order valence-corrected chi connectivity index (χ2v) is 4.40. The van der Waals surface area contributed by atoms with E-state index in [4.69, 9.17) is 27.9 Å². The minimum atomic E-state index is -0.382. The van der Waals surface area contributed by atoms with Crippen LogP contribution in [0.15, 0.2) is 18.2 Å². The second kappa shape index (κ2) is 5.04. The van der Waals surface area contributed by atoms with Crippen LogP contribution in [0.25, 0.3) is 0 Å². The zero-order valence-corrected chi connectivity index (χ0v) is 10.0. The summed E-state index contributed by atoms with van der Waals surface area (Å²) in [4.78, 5) is 11.8. The summed E-state index contributed by atoms with van der Waals surface area (Å²) in [7, 11) is 0. The molecule has 0 aliphatic carbocycles. The molecule has 1 aliphatic heterocycles. The number of amides is 1. The Labute approximate surface area is 104 Å². The predicted molar refractivity (Wildman–Crippen MR) is 64.1 cm³/mol. The zero-order chi connectivity index (χ0) is 11.5. The summed E-state index contributed by atoms with van der Waals surface area (Å²) in [5.74, 6) is -0.187. The highest BCUT2D eigenvalue weighted by atomic mass is 35.5. The van der Waals surface area contributed by atoms with Crippen LogP contribution in [0.5, 0.6) is 0 Å². The minimum absolute atomic E-state index is 0.187. The van der Waals surface area contributed by atoms with Crippen molar-refractivity contribution >= 4 is 34.8 Å². The van der Waals surface area contributed by atoms with Gasteiger partial charge in [-0.15, -0.1) is 0 Å². The van der Waals surface area contributed by atoms with Crippen LogP contribution in [-0.2, 0) is 9.53 Å². The molecule has 86 valence electrons. The van der Waals surface area contributed by atoms with Crippen LogP contribution in [0.3, 0.4) is 0 Å². The molecule has 0 bridgehead atoms. The molecule has 0 saturated carbocycles. The number of carbonyl (C=O) groups is 1. The van der Waals surface area contributed by atoms with Crippen LogP contribution in [0.2, 0.25) is 10.0 Å². The van der Waals surface area contributed by atoms with Crippen molar-refractivity contribution in [3.8, 4) is 0 Å². The molecule has 0 spiro atoms. The Morgan fingerprint density at radius 2 is 2.06 bits per heavy atom. The van der Waals surface area contributed by atoms with E-state index in [0.29, 0.717) is 22.3 Å². The zero-order valence-electron chi connectivity index (χ0n) is 8.50. The average molecular weight is 260 g/mol. The highest BCUT2D eigenvalue weighted by Crippen LogP contribution is 2.30. The summed E-state index contributed by atoms with van der Waals surface area (Å²) in [6, 6.07) is 5.09. The lowest BCUT2D eigenvalue weighted by Gasteiger charge is -2.12. The normalized spacial score (nSPS) is 19.8. The SMILES string of the molecule is O=C(Nc1c(Cl)cccc1Cl)C1CCCO1. The van der Waals surface area contributed by atoms with E-state index in [0.717, 1.165) is 12.8 Å². The van der Waals surface area contributed by atoms with Crippen LogP contribution in [0, 0.1) is 0 Å². The summed E-state index contributed by atoms with van der Waals surface area (Å²) >= 11 is 11.9. The van der Waals surface area contributed by atoms with E-state index in [1.54, 1.807) is 18.2 Å². The summed E-state index contributed by atoms with van der Waals surface area (Å²) < 4.78 is 5.27. The Bertz CT molecular complexity index is 383. The van der Waals surface area contributed by atoms with Gasteiger partial charge >= 0.3 is 0 Å². The lowest BCUT2D eigenvalue weighted by atomic mass is 10.2. The van der Waals surface area contributed by atoms with Gasteiger partial charge in [0.05, 0.1) is 15.7 Å². The van der Waals surface area contributed by atoms with Gasteiger partial charge in [0.15, 0.2) is 0 Å². The fraction of sp³-hybridized carbons (Fsp3) is 0.364. The Hall–Kier alpha value is -0.770. The smallest absolute Gasteiger partial charge is 0.253 e. The maximum atomic E-state index is 11.8. The number of hydrogen-bond donors (Lipinski definition) is 1. The highest BCUT2D eigenvalue weighted by Gasteiger charge is 2.24. The first kappa shape index (κ1) is 11.7. The molecule has 3 nitrogen and oxygen atoms in total. The molecule has 1 saturated heterocycles. The van der Waals surface area contributed by atoms with E-state index in [2.05, 4.69) is 5.32 Å². The van der Waals surface area contributed by atoms with Gasteiger partial charge in [0.25, 0.3) is 5.91 Å². The molecule has 5 heteroatoms. The third-order valence-electron chi connectivity index (χ3n) is 2.43. The Morgan fingerprint density at radius 1 is 1.38 bits per heavy atom. The van der Waals surface area contributed by atoms with Crippen molar-refractivity contribution in [2.24, 2.45) is 0 Å². The van der Waals surface area contributed by atoms with Gasteiger partial charge in [0.1, 0.15) is 6.10 Å². The molecule has 1 aromatic carbocycles. The first-order valence-electron chi connectivity index (χ1n) is 5.05. The summed E-state index contributed by atoms with van der Waals surface area (Å²) in [6.45, 7) is 0.633. The van der Waals surface area contributed by atoms with Gasteiger partial charge in [0.2, 0.25) is 0 Å². The van der Waals surface area contributed by atoms with Crippen LogP contribution >= 0.6 is 23.2 Å². The number of carbonyl (C=O) groups excluding carboxylic acids is 1. The minimum Gasteiger partial charge on any atom is -0.368 e. The molecule has 16 heavy (non-hydrogen) atoms. The van der Waals surface area contributed by atoms with Gasteiger partial charge in [-0.3, -0.25) is 4.79 Å². The molecule has 1 N–H and O–H groups in total. The van der Waals surface area contributed by atoms with Crippen molar-refractivity contribution in [2.75, 3.05) is 11.9 Å². The van der Waals surface area contributed by atoms with Gasteiger partial charge in [-0.1, -0.05) is 29.3 Å². The van der Waals surface area contributed by atoms with E-state index in [1.165, 1.54) is 0 Å². The summed E-state index contributed by atoms with van der Waals surface area (Å²) in [5.41, 5.74) is 0.450. The van der Waals surface area contributed by atoms with Crippen LogP contribution in [-0.4, -0.2) is 18.6 Å². The molecular weight excluding hydrogens is 249 g/mol.